The Labute approximate surface area is 199 Å². The van der Waals surface area contributed by atoms with Gasteiger partial charge >= 0.3 is 0 Å². The second kappa shape index (κ2) is 11.3. The Kier molecular flexibility index (Phi) is 8.44. The number of anilines is 1. The van der Waals surface area contributed by atoms with E-state index in [9.17, 15) is 4.39 Å². The minimum atomic E-state index is -0.196. The van der Waals surface area contributed by atoms with Gasteiger partial charge in [0.2, 0.25) is 0 Å². The van der Waals surface area contributed by atoms with Crippen LogP contribution in [0.25, 0.3) is 5.65 Å². The van der Waals surface area contributed by atoms with Gasteiger partial charge in [0, 0.05) is 50.5 Å². The number of rotatable bonds is 6. The maximum absolute atomic E-state index is 13.6. The van der Waals surface area contributed by atoms with Crippen LogP contribution in [0.4, 0.5) is 10.1 Å². The van der Waals surface area contributed by atoms with Gasteiger partial charge in [-0.15, -0.1) is 34.2 Å². The number of piperidine rings is 1. The van der Waals surface area contributed by atoms with Gasteiger partial charge in [0.25, 0.3) is 0 Å². The Morgan fingerprint density at radius 1 is 1.23 bits per heavy atom. The molecule has 0 radical (unpaired) electrons. The second-order valence-electron chi connectivity index (χ2n) is 7.47. The molecule has 1 atom stereocenters. The highest BCUT2D eigenvalue weighted by Gasteiger charge is 2.21. The predicted octanol–water partition coefficient (Wildman–Crippen LogP) is 3.25. The van der Waals surface area contributed by atoms with Gasteiger partial charge in [-0.3, -0.25) is 9.39 Å². The van der Waals surface area contributed by atoms with Crippen LogP contribution in [0, 0.1) is 5.82 Å². The second-order valence-corrected chi connectivity index (χ2v) is 7.47. The summed E-state index contributed by atoms with van der Waals surface area (Å²) in [5.41, 5.74) is 1.78. The zero-order valence-electron chi connectivity index (χ0n) is 17.7. The number of hydrogen-bond acceptors (Lipinski definition) is 4. The number of aliphatic imine (C=N–C) groups is 1. The number of nitrogens with zero attached hydrogens (tertiary/aromatic N) is 5. The summed E-state index contributed by atoms with van der Waals surface area (Å²) in [6.45, 7) is 5.23. The van der Waals surface area contributed by atoms with Gasteiger partial charge in [0.05, 0.1) is 0 Å². The summed E-state index contributed by atoms with van der Waals surface area (Å²) in [5.74, 6) is 1.51. The number of hydrogen-bond donors (Lipinski definition) is 2. The molecule has 1 aromatic carbocycles. The predicted molar refractivity (Wildman–Crippen MR) is 133 cm³/mol. The molecule has 1 aliphatic rings. The van der Waals surface area contributed by atoms with Crippen molar-refractivity contribution in [3.05, 3.63) is 60.3 Å². The van der Waals surface area contributed by atoms with Gasteiger partial charge in [-0.1, -0.05) is 12.1 Å². The summed E-state index contributed by atoms with van der Waals surface area (Å²) in [6, 6.07) is 12.9. The molecule has 0 saturated carbocycles. The van der Waals surface area contributed by atoms with E-state index < -0.39 is 0 Å². The molecule has 9 heteroatoms. The smallest absolute Gasteiger partial charge is 0.191 e. The van der Waals surface area contributed by atoms with E-state index in [0.29, 0.717) is 13.0 Å². The Bertz CT molecular complexity index is 1010. The monoisotopic (exact) mass is 537 g/mol. The van der Waals surface area contributed by atoms with Gasteiger partial charge in [0.1, 0.15) is 11.6 Å². The molecule has 0 amide bonds. The lowest BCUT2D eigenvalue weighted by Gasteiger charge is -2.35. The lowest BCUT2D eigenvalue weighted by molar-refractivity contribution is 0.467. The van der Waals surface area contributed by atoms with Crippen molar-refractivity contribution in [1.82, 2.24) is 25.2 Å². The summed E-state index contributed by atoms with van der Waals surface area (Å²) in [6.07, 6.45) is 4.80. The third-order valence-electron chi connectivity index (χ3n) is 5.27. The van der Waals surface area contributed by atoms with Crippen molar-refractivity contribution in [2.75, 3.05) is 31.1 Å². The molecule has 31 heavy (non-hydrogen) atoms. The molecule has 2 aromatic heterocycles. The molecular weight excluding hydrogens is 508 g/mol. The van der Waals surface area contributed by atoms with E-state index in [2.05, 4.69) is 32.7 Å². The number of nitrogens with one attached hydrogen (secondary N) is 2. The largest absolute Gasteiger partial charge is 0.369 e. The topological polar surface area (TPSA) is 69.8 Å². The Morgan fingerprint density at radius 3 is 2.97 bits per heavy atom. The third-order valence-corrected chi connectivity index (χ3v) is 5.27. The van der Waals surface area contributed by atoms with Gasteiger partial charge in [-0.25, -0.2) is 4.39 Å². The fourth-order valence-electron chi connectivity index (χ4n) is 3.84. The molecule has 2 N–H and O–H groups in total. The van der Waals surface area contributed by atoms with Crippen LogP contribution >= 0.6 is 24.0 Å². The highest BCUT2D eigenvalue weighted by atomic mass is 127. The molecule has 166 valence electrons. The van der Waals surface area contributed by atoms with Crippen LogP contribution in [-0.4, -0.2) is 52.8 Å². The molecule has 0 aliphatic carbocycles. The molecule has 3 aromatic rings. The first-order chi connectivity index (χ1) is 14.7. The van der Waals surface area contributed by atoms with E-state index >= 15 is 0 Å². The number of fused-ring (bicyclic) bond motifs is 1. The number of benzene rings is 1. The van der Waals surface area contributed by atoms with Crippen LogP contribution in [0.15, 0.2) is 53.7 Å². The maximum Gasteiger partial charge on any atom is 0.191 e. The Balaban J connectivity index is 0.00000272. The van der Waals surface area contributed by atoms with Crippen LogP contribution in [0.1, 0.15) is 25.6 Å². The summed E-state index contributed by atoms with van der Waals surface area (Å²) in [4.78, 5) is 6.97. The normalized spacial score (nSPS) is 16.8. The first-order valence-electron chi connectivity index (χ1n) is 10.6. The van der Waals surface area contributed by atoms with Crippen molar-refractivity contribution in [3.8, 4) is 0 Å². The zero-order valence-corrected chi connectivity index (χ0v) is 20.0. The average Bonchev–Trinajstić information content (AvgIpc) is 3.17. The SMILES string of the molecule is CCNC(=NCCc1nnc2ccccn12)NC1CCCN(c2cccc(F)c2)C1.I. The maximum atomic E-state index is 13.6. The first-order valence-corrected chi connectivity index (χ1v) is 10.6. The minimum Gasteiger partial charge on any atom is -0.369 e. The molecule has 0 spiro atoms. The third kappa shape index (κ3) is 6.05. The Morgan fingerprint density at radius 2 is 2.13 bits per heavy atom. The summed E-state index contributed by atoms with van der Waals surface area (Å²) in [7, 11) is 0. The molecule has 1 aliphatic heterocycles. The van der Waals surface area contributed by atoms with E-state index in [0.717, 1.165) is 55.6 Å². The average molecular weight is 537 g/mol. The van der Waals surface area contributed by atoms with Crippen LogP contribution in [0.5, 0.6) is 0 Å². The quantitative estimate of drug-likeness (QED) is 0.287. The number of pyridine rings is 1. The van der Waals surface area contributed by atoms with Gasteiger partial charge in [-0.2, -0.15) is 0 Å². The van der Waals surface area contributed by atoms with Crippen LogP contribution in [0.2, 0.25) is 0 Å². The van der Waals surface area contributed by atoms with Crippen LogP contribution < -0.4 is 15.5 Å². The van der Waals surface area contributed by atoms with Crippen LogP contribution in [0.3, 0.4) is 0 Å². The summed E-state index contributed by atoms with van der Waals surface area (Å²) < 4.78 is 15.6. The summed E-state index contributed by atoms with van der Waals surface area (Å²) in [5, 5.41) is 15.3. The molecule has 7 nitrogen and oxygen atoms in total. The van der Waals surface area contributed by atoms with E-state index in [1.807, 2.05) is 34.9 Å². The zero-order chi connectivity index (χ0) is 20.8. The molecule has 1 saturated heterocycles. The molecule has 0 bridgehead atoms. The molecular formula is C22H29FIN7. The van der Waals surface area contributed by atoms with Gasteiger partial charge in [-0.05, 0) is 50.1 Å². The molecule has 1 fully saturated rings. The van der Waals surface area contributed by atoms with Crippen LogP contribution in [-0.2, 0) is 6.42 Å². The van der Waals surface area contributed by atoms with E-state index in [4.69, 9.17) is 4.99 Å². The molecule has 3 heterocycles. The lowest BCUT2D eigenvalue weighted by atomic mass is 10.0. The fraction of sp³-hybridized carbons (Fsp3) is 0.409. The fourth-order valence-corrected chi connectivity index (χ4v) is 3.84. The van der Waals surface area contributed by atoms with E-state index in [-0.39, 0.29) is 35.8 Å². The minimum absolute atomic E-state index is 0. The van der Waals surface area contributed by atoms with Crippen molar-refractivity contribution in [2.45, 2.75) is 32.2 Å². The molecule has 4 rings (SSSR count). The summed E-state index contributed by atoms with van der Waals surface area (Å²) >= 11 is 0. The van der Waals surface area contributed by atoms with Crippen molar-refractivity contribution in [2.24, 2.45) is 4.99 Å². The van der Waals surface area contributed by atoms with E-state index in [1.54, 1.807) is 12.1 Å². The number of halogens is 2. The highest BCUT2D eigenvalue weighted by Crippen LogP contribution is 2.20. The van der Waals surface area contributed by atoms with Crippen molar-refractivity contribution < 1.29 is 4.39 Å². The van der Waals surface area contributed by atoms with Crippen molar-refractivity contribution in [1.29, 1.82) is 0 Å². The molecule has 1 unspecified atom stereocenters. The standard InChI is InChI=1S/C22H28FN7.HI/c1-2-24-22(25-12-11-21-28-27-20-10-3-4-14-30(20)21)26-18-8-6-13-29(16-18)19-9-5-7-17(23)15-19;/h3-5,7,9-10,14-15,18H,2,6,8,11-13,16H2,1H3,(H2,24,25,26);1H. The van der Waals surface area contributed by atoms with Gasteiger partial charge in [0.15, 0.2) is 11.6 Å². The van der Waals surface area contributed by atoms with E-state index in [1.165, 1.54) is 6.07 Å². The van der Waals surface area contributed by atoms with Gasteiger partial charge < -0.3 is 15.5 Å². The Hall–Kier alpha value is -2.43. The number of guanidine groups is 1. The highest BCUT2D eigenvalue weighted by molar-refractivity contribution is 14.0. The first kappa shape index (κ1) is 23.2. The lowest BCUT2D eigenvalue weighted by Crippen LogP contribution is -2.51. The van der Waals surface area contributed by atoms with Crippen molar-refractivity contribution >= 4 is 41.3 Å². The number of aromatic nitrogens is 3. The van der Waals surface area contributed by atoms with Crippen molar-refractivity contribution in [3.63, 3.8) is 0 Å².